The number of hydrogen-bond donors (Lipinski definition) is 0. The number of nitrogens with zero attached hydrogens (tertiary/aromatic N) is 1. The van der Waals surface area contributed by atoms with Crippen molar-refractivity contribution in [2.24, 2.45) is 0 Å². The van der Waals surface area contributed by atoms with Crippen molar-refractivity contribution < 1.29 is 69.0 Å². The fraction of sp³-hybridized carbons (Fsp3) is 0.571. The summed E-state index contributed by atoms with van der Waals surface area (Å²) in [7, 11) is -22.6. The van der Waals surface area contributed by atoms with Crippen molar-refractivity contribution in [3.8, 4) is 5.75 Å². The van der Waals surface area contributed by atoms with E-state index in [1.165, 1.54) is 0 Å². The summed E-state index contributed by atoms with van der Waals surface area (Å²) in [4.78, 5) is 0. The molecule has 0 aliphatic carbocycles. The van der Waals surface area contributed by atoms with Gasteiger partial charge >= 0.3 is 32.1 Å². The van der Waals surface area contributed by atoms with Crippen molar-refractivity contribution in [3.63, 3.8) is 0 Å². The first-order valence-electron chi connectivity index (χ1n) is 8.35. The third kappa shape index (κ3) is 5.23. The zero-order chi connectivity index (χ0) is 27.2. The molecule has 0 radical (unpaired) electrons. The zero-order valence-corrected chi connectivity index (χ0v) is 19.0. The van der Waals surface area contributed by atoms with E-state index >= 15 is 0 Å². The first kappa shape index (κ1) is 30.2. The lowest BCUT2D eigenvalue weighted by Gasteiger charge is -2.35. The number of sulfonamides is 2. The van der Waals surface area contributed by atoms with Crippen LogP contribution in [0.15, 0.2) is 24.3 Å². The molecule has 198 valence electrons. The SMILES string of the molecule is CCC(C)c1ccc(OS(=O)(=O)C(F)(F)C(F)(F)C(F)(F)S(=O)(=O)[N-]S(=O)(=O)C(F)(F)F)cc1. The molecule has 1 aromatic rings. The lowest BCUT2D eigenvalue weighted by molar-refractivity contribution is -0.245. The fourth-order valence-electron chi connectivity index (χ4n) is 1.97. The number of alkyl halides is 9. The van der Waals surface area contributed by atoms with Gasteiger partial charge in [0.1, 0.15) is 5.75 Å². The van der Waals surface area contributed by atoms with Crippen LogP contribution in [0.1, 0.15) is 31.7 Å². The number of benzene rings is 1. The molecular formula is C14H13F9NO7S3-. The first-order valence-corrected chi connectivity index (χ1v) is 12.6. The molecular weight excluding hydrogens is 561 g/mol. The quantitative estimate of drug-likeness (QED) is 0.302. The monoisotopic (exact) mass is 574 g/mol. The maximum absolute atomic E-state index is 14.0. The predicted octanol–water partition coefficient (Wildman–Crippen LogP) is 4.28. The zero-order valence-electron chi connectivity index (χ0n) is 16.5. The van der Waals surface area contributed by atoms with Gasteiger partial charge in [0.05, 0.1) is 0 Å². The van der Waals surface area contributed by atoms with Crippen LogP contribution >= 0.6 is 0 Å². The van der Waals surface area contributed by atoms with Gasteiger partial charge in [0, 0.05) is 0 Å². The van der Waals surface area contributed by atoms with Crippen LogP contribution < -0.4 is 4.18 Å². The molecule has 0 N–H and O–H groups in total. The second-order valence-electron chi connectivity index (χ2n) is 6.49. The van der Waals surface area contributed by atoms with Gasteiger partial charge in [0.15, 0.2) is 20.0 Å². The molecule has 0 saturated carbocycles. The molecule has 0 bridgehead atoms. The van der Waals surface area contributed by atoms with E-state index in [9.17, 15) is 64.8 Å². The minimum atomic E-state index is -7.96. The Morgan fingerprint density at radius 1 is 0.794 bits per heavy atom. The highest BCUT2D eigenvalue weighted by atomic mass is 32.3. The van der Waals surface area contributed by atoms with Crippen LogP contribution in [-0.2, 0) is 30.2 Å². The minimum absolute atomic E-state index is 0.142. The van der Waals surface area contributed by atoms with E-state index in [1.807, 2.05) is 0 Å². The van der Waals surface area contributed by atoms with E-state index < -0.39 is 57.9 Å². The number of halogens is 9. The highest BCUT2D eigenvalue weighted by Gasteiger charge is 2.81. The van der Waals surface area contributed by atoms with E-state index in [0.29, 0.717) is 28.2 Å². The van der Waals surface area contributed by atoms with Crippen LogP contribution in [0.25, 0.3) is 4.13 Å². The van der Waals surface area contributed by atoms with E-state index in [1.54, 1.807) is 13.8 Å². The normalized spacial score (nSPS) is 15.7. The summed E-state index contributed by atoms with van der Waals surface area (Å²) in [5.74, 6) is -8.81. The van der Waals surface area contributed by atoms with E-state index in [-0.39, 0.29) is 5.92 Å². The Kier molecular flexibility index (Phi) is 8.01. The summed E-state index contributed by atoms with van der Waals surface area (Å²) >= 11 is 0. The lowest BCUT2D eigenvalue weighted by atomic mass is 9.99. The van der Waals surface area contributed by atoms with Gasteiger partial charge in [-0.1, -0.05) is 26.0 Å². The molecule has 0 heterocycles. The molecule has 0 aliphatic rings. The Morgan fingerprint density at radius 2 is 1.24 bits per heavy atom. The van der Waals surface area contributed by atoms with Crippen LogP contribution in [0.5, 0.6) is 5.75 Å². The predicted molar refractivity (Wildman–Crippen MR) is 96.8 cm³/mol. The van der Waals surface area contributed by atoms with Crippen LogP contribution in [0, 0.1) is 0 Å². The average molecular weight is 574 g/mol. The van der Waals surface area contributed by atoms with Crippen LogP contribution in [-0.4, -0.2) is 47.2 Å². The van der Waals surface area contributed by atoms with Gasteiger partial charge in [-0.15, -0.1) is 0 Å². The highest BCUT2D eigenvalue weighted by Crippen LogP contribution is 2.53. The molecule has 0 amide bonds. The van der Waals surface area contributed by atoms with Crippen molar-refractivity contribution in [3.05, 3.63) is 34.0 Å². The van der Waals surface area contributed by atoms with E-state index in [0.717, 1.165) is 12.1 Å². The first-order chi connectivity index (χ1) is 14.9. The van der Waals surface area contributed by atoms with Gasteiger partial charge < -0.3 is 8.31 Å². The minimum Gasteiger partial charge on any atom is -0.423 e. The van der Waals surface area contributed by atoms with Gasteiger partial charge in [-0.25, -0.2) is 16.8 Å². The summed E-state index contributed by atoms with van der Waals surface area (Å²) in [6, 6.07) is 3.56. The molecule has 8 nitrogen and oxygen atoms in total. The Hall–Kier alpha value is -1.80. The van der Waals surface area contributed by atoms with Gasteiger partial charge in [-0.2, -0.15) is 47.9 Å². The largest absolute Gasteiger partial charge is 0.480 e. The van der Waals surface area contributed by atoms with Crippen LogP contribution in [0.3, 0.4) is 0 Å². The van der Waals surface area contributed by atoms with Crippen molar-refractivity contribution in [2.45, 2.75) is 48.1 Å². The second kappa shape index (κ2) is 9.01. The molecule has 1 aromatic carbocycles. The molecule has 34 heavy (non-hydrogen) atoms. The van der Waals surface area contributed by atoms with Crippen molar-refractivity contribution in [1.29, 1.82) is 0 Å². The summed E-state index contributed by atoms with van der Waals surface area (Å²) in [6.07, 6.45) is 0.557. The smallest absolute Gasteiger partial charge is 0.423 e. The second-order valence-corrected chi connectivity index (χ2v) is 11.6. The van der Waals surface area contributed by atoms with Crippen molar-refractivity contribution >= 4 is 30.2 Å². The molecule has 20 heteroatoms. The lowest BCUT2D eigenvalue weighted by Crippen LogP contribution is -2.61. The van der Waals surface area contributed by atoms with Crippen LogP contribution in [0.2, 0.25) is 0 Å². The summed E-state index contributed by atoms with van der Waals surface area (Å²) in [6.45, 7) is 3.43. The Labute approximate surface area is 187 Å². The molecule has 1 atom stereocenters. The molecule has 0 fully saturated rings. The molecule has 1 rings (SSSR count). The Morgan fingerprint density at radius 3 is 1.62 bits per heavy atom. The van der Waals surface area contributed by atoms with Crippen LogP contribution in [0.4, 0.5) is 39.5 Å². The summed E-state index contributed by atoms with van der Waals surface area (Å²) in [5.41, 5.74) is -6.21. The molecule has 0 saturated heterocycles. The third-order valence-electron chi connectivity index (χ3n) is 4.13. The number of rotatable bonds is 10. The molecule has 0 aliphatic heterocycles. The van der Waals surface area contributed by atoms with Gasteiger partial charge in [0.2, 0.25) is 0 Å². The summed E-state index contributed by atoms with van der Waals surface area (Å²) in [5, 5.41) is -14.6. The summed E-state index contributed by atoms with van der Waals surface area (Å²) < 4.78 is 191. The standard InChI is InChI=1S/C14H13F9NO7S3/c1-3-8(2)9-4-6-10(7-5-9)31-34(29,30)13(19,20)11(15,16)12(17,18)32(25,26)24-33(27,28)14(21,22)23/h4-8H,3H2,1-2H3/q-1. The van der Waals surface area contributed by atoms with E-state index in [2.05, 4.69) is 4.18 Å². The van der Waals surface area contributed by atoms with Gasteiger partial charge in [0.25, 0.3) is 0 Å². The molecule has 1 unspecified atom stereocenters. The number of hydrogen-bond acceptors (Lipinski definition) is 7. The fourth-order valence-corrected chi connectivity index (χ4v) is 5.15. The van der Waals surface area contributed by atoms with Crippen molar-refractivity contribution in [2.75, 3.05) is 0 Å². The van der Waals surface area contributed by atoms with E-state index in [4.69, 9.17) is 0 Å². The molecule has 0 spiro atoms. The Bertz CT molecular complexity index is 1210. The molecule has 0 aromatic heterocycles. The highest BCUT2D eigenvalue weighted by molar-refractivity contribution is 8.13. The maximum Gasteiger partial charge on any atom is 0.480 e. The maximum atomic E-state index is 14.0. The van der Waals surface area contributed by atoms with Gasteiger partial charge in [-0.05, 0) is 30.0 Å². The van der Waals surface area contributed by atoms with Crippen molar-refractivity contribution in [1.82, 2.24) is 0 Å². The topological polar surface area (TPSA) is 126 Å². The average Bonchev–Trinajstić information content (AvgIpc) is 2.65. The third-order valence-corrected chi connectivity index (χ3v) is 8.48. The van der Waals surface area contributed by atoms with Gasteiger partial charge in [-0.3, -0.25) is 0 Å². The Balaban J connectivity index is 3.42.